The van der Waals surface area contributed by atoms with Gasteiger partial charge in [-0.2, -0.15) is 13.2 Å². The molecule has 0 aliphatic heterocycles. The maximum Gasteiger partial charge on any atom is 0.434 e. The van der Waals surface area contributed by atoms with E-state index in [2.05, 4.69) is 19.9 Å². The van der Waals surface area contributed by atoms with Crippen LogP contribution in [0.4, 0.5) is 13.2 Å². The molecule has 0 radical (unpaired) electrons. The number of aromatic nitrogens is 6. The Kier molecular flexibility index (Phi) is 6.53. The van der Waals surface area contributed by atoms with Crippen LogP contribution in [0.15, 0.2) is 43.0 Å². The van der Waals surface area contributed by atoms with E-state index in [1.807, 2.05) is 19.1 Å². The van der Waals surface area contributed by atoms with Gasteiger partial charge in [-0.25, -0.2) is 24.9 Å². The topological polar surface area (TPSA) is 87.8 Å². The van der Waals surface area contributed by atoms with Gasteiger partial charge in [0.2, 0.25) is 5.88 Å². The van der Waals surface area contributed by atoms with Crippen molar-refractivity contribution in [3.63, 3.8) is 0 Å². The number of aryl methyl sites for hydroxylation is 1. The predicted molar refractivity (Wildman–Crippen MR) is 129 cm³/mol. The molecule has 0 bridgehead atoms. The lowest BCUT2D eigenvalue weighted by Gasteiger charge is -2.14. The lowest BCUT2D eigenvalue weighted by Crippen LogP contribution is -2.06. The number of benzene rings is 1. The fourth-order valence-corrected chi connectivity index (χ4v) is 4.18. The highest BCUT2D eigenvalue weighted by molar-refractivity contribution is 5.66. The van der Waals surface area contributed by atoms with Crippen molar-refractivity contribution in [2.24, 2.45) is 7.05 Å². The van der Waals surface area contributed by atoms with Crippen molar-refractivity contribution in [2.75, 3.05) is 13.7 Å². The van der Waals surface area contributed by atoms with Crippen molar-refractivity contribution in [1.29, 1.82) is 0 Å². The van der Waals surface area contributed by atoms with Crippen molar-refractivity contribution in [1.82, 2.24) is 29.5 Å². The summed E-state index contributed by atoms with van der Waals surface area (Å²) in [6.07, 6.45) is 2.14. The molecule has 8 nitrogen and oxygen atoms in total. The van der Waals surface area contributed by atoms with Gasteiger partial charge in [-0.05, 0) is 25.3 Å². The highest BCUT2D eigenvalue weighted by Gasteiger charge is 2.34. The first kappa shape index (κ1) is 24.7. The Morgan fingerprint density at radius 2 is 1.81 bits per heavy atom. The SMILES string of the molecule is CCOc1cnc(-c2c(OC)ncnc2C2CC2)nc1Cc1ccc(-c2nc(C(F)(F)F)cn2C)cc1. The summed E-state index contributed by atoms with van der Waals surface area (Å²) in [4.78, 5) is 21.9. The molecule has 1 fully saturated rings. The Hall–Kier alpha value is -4.02. The Morgan fingerprint density at radius 1 is 1.05 bits per heavy atom. The molecule has 0 atom stereocenters. The van der Waals surface area contributed by atoms with E-state index in [0.717, 1.165) is 30.3 Å². The van der Waals surface area contributed by atoms with Crippen molar-refractivity contribution in [3.8, 4) is 34.4 Å². The maximum atomic E-state index is 13.1. The van der Waals surface area contributed by atoms with Gasteiger partial charge < -0.3 is 14.0 Å². The molecule has 1 aromatic carbocycles. The van der Waals surface area contributed by atoms with Gasteiger partial charge in [-0.1, -0.05) is 24.3 Å². The number of nitrogens with zero attached hydrogens (tertiary/aromatic N) is 6. The number of hydrogen-bond acceptors (Lipinski definition) is 7. The summed E-state index contributed by atoms with van der Waals surface area (Å²) < 4.78 is 51.8. The van der Waals surface area contributed by atoms with Crippen molar-refractivity contribution in [2.45, 2.75) is 38.3 Å². The number of rotatable bonds is 8. The molecular weight excluding hydrogens is 485 g/mol. The highest BCUT2D eigenvalue weighted by Crippen LogP contribution is 2.45. The zero-order valence-corrected chi connectivity index (χ0v) is 20.6. The largest absolute Gasteiger partial charge is 0.490 e. The van der Waals surface area contributed by atoms with Gasteiger partial charge in [-0.3, -0.25) is 0 Å². The van der Waals surface area contributed by atoms with E-state index in [1.165, 1.54) is 10.9 Å². The van der Waals surface area contributed by atoms with Crippen LogP contribution in [0.1, 0.15) is 48.3 Å². The molecule has 1 aliphatic rings. The minimum atomic E-state index is -4.50. The van der Waals surface area contributed by atoms with E-state index in [9.17, 15) is 13.2 Å². The number of hydrogen-bond donors (Lipinski definition) is 0. The van der Waals surface area contributed by atoms with Gasteiger partial charge in [0, 0.05) is 31.1 Å². The van der Waals surface area contributed by atoms with E-state index in [1.54, 1.807) is 32.5 Å². The van der Waals surface area contributed by atoms with Crippen LogP contribution in [0.5, 0.6) is 11.6 Å². The summed E-state index contributed by atoms with van der Waals surface area (Å²) in [5.41, 5.74) is 2.79. The quantitative estimate of drug-likeness (QED) is 0.321. The fraction of sp³-hybridized carbons (Fsp3) is 0.346. The van der Waals surface area contributed by atoms with Gasteiger partial charge in [0.1, 0.15) is 17.7 Å². The Bertz CT molecular complexity index is 1420. The van der Waals surface area contributed by atoms with E-state index in [-0.39, 0.29) is 5.82 Å². The first-order valence-electron chi connectivity index (χ1n) is 11.9. The molecular formula is C26H25F3N6O2. The summed E-state index contributed by atoms with van der Waals surface area (Å²) in [5, 5.41) is 0. The van der Waals surface area contributed by atoms with E-state index < -0.39 is 11.9 Å². The molecule has 1 saturated carbocycles. The number of halogens is 3. The summed E-state index contributed by atoms with van der Waals surface area (Å²) in [7, 11) is 3.10. The predicted octanol–water partition coefficient (Wildman–Crippen LogP) is 5.23. The van der Waals surface area contributed by atoms with Crippen LogP contribution in [0.25, 0.3) is 22.8 Å². The third kappa shape index (κ3) is 5.11. The molecule has 0 saturated heterocycles. The minimum absolute atomic E-state index is 0.238. The zero-order valence-electron chi connectivity index (χ0n) is 20.6. The average molecular weight is 511 g/mol. The molecule has 0 unspecified atom stereocenters. The van der Waals surface area contributed by atoms with E-state index in [0.29, 0.717) is 53.2 Å². The Labute approximate surface area is 211 Å². The maximum absolute atomic E-state index is 13.1. The molecule has 0 N–H and O–H groups in total. The molecule has 5 rings (SSSR count). The first-order valence-corrected chi connectivity index (χ1v) is 11.9. The van der Waals surface area contributed by atoms with Gasteiger partial charge >= 0.3 is 6.18 Å². The zero-order chi connectivity index (χ0) is 26.2. The second-order valence-electron chi connectivity index (χ2n) is 8.79. The molecule has 3 aromatic heterocycles. The summed E-state index contributed by atoms with van der Waals surface area (Å²) in [6.45, 7) is 2.33. The summed E-state index contributed by atoms with van der Waals surface area (Å²) in [6, 6.07) is 7.19. The number of ether oxygens (including phenoxy) is 2. The van der Waals surface area contributed by atoms with Crippen LogP contribution in [-0.4, -0.2) is 43.2 Å². The van der Waals surface area contributed by atoms with Gasteiger partial charge in [0.25, 0.3) is 0 Å². The summed E-state index contributed by atoms with van der Waals surface area (Å²) in [5.74, 6) is 2.01. The molecule has 0 amide bonds. The van der Waals surface area contributed by atoms with Crippen LogP contribution in [0.3, 0.4) is 0 Å². The Balaban J connectivity index is 1.47. The smallest absolute Gasteiger partial charge is 0.434 e. The van der Waals surface area contributed by atoms with Crippen molar-refractivity contribution < 1.29 is 22.6 Å². The minimum Gasteiger partial charge on any atom is -0.490 e. The molecule has 0 spiro atoms. The average Bonchev–Trinajstić information content (AvgIpc) is 3.65. The van der Waals surface area contributed by atoms with E-state index >= 15 is 0 Å². The van der Waals surface area contributed by atoms with Gasteiger partial charge in [0.15, 0.2) is 17.3 Å². The fourth-order valence-electron chi connectivity index (χ4n) is 4.18. The lowest BCUT2D eigenvalue weighted by molar-refractivity contribution is -0.140. The Morgan fingerprint density at radius 3 is 2.43 bits per heavy atom. The van der Waals surface area contributed by atoms with Crippen LogP contribution >= 0.6 is 0 Å². The monoisotopic (exact) mass is 510 g/mol. The van der Waals surface area contributed by atoms with Crippen molar-refractivity contribution >= 4 is 0 Å². The van der Waals surface area contributed by atoms with E-state index in [4.69, 9.17) is 14.5 Å². The molecule has 192 valence electrons. The first-order chi connectivity index (χ1) is 17.8. The standard InChI is InChI=1S/C26H25F3N6O2/c1-4-37-19-12-30-23(21-22(16-9-10-16)31-14-32-25(21)36-3)33-18(19)11-15-5-7-17(8-6-15)24-34-20(13-35(24)2)26(27,28)29/h5-8,12-14,16H,4,9-11H2,1-3H3. The second kappa shape index (κ2) is 9.79. The molecule has 4 aromatic rings. The second-order valence-corrected chi connectivity index (χ2v) is 8.79. The number of alkyl halides is 3. The number of methoxy groups -OCH3 is 1. The lowest BCUT2D eigenvalue weighted by atomic mass is 10.1. The van der Waals surface area contributed by atoms with Gasteiger partial charge in [0.05, 0.1) is 31.3 Å². The van der Waals surface area contributed by atoms with Crippen LogP contribution in [-0.2, 0) is 19.6 Å². The normalized spacial score (nSPS) is 13.6. The molecule has 1 aliphatic carbocycles. The van der Waals surface area contributed by atoms with Crippen LogP contribution < -0.4 is 9.47 Å². The third-order valence-electron chi connectivity index (χ3n) is 6.10. The molecule has 3 heterocycles. The highest BCUT2D eigenvalue weighted by atomic mass is 19.4. The molecule has 11 heteroatoms. The van der Waals surface area contributed by atoms with Gasteiger partial charge in [-0.15, -0.1) is 0 Å². The van der Waals surface area contributed by atoms with Crippen LogP contribution in [0.2, 0.25) is 0 Å². The van der Waals surface area contributed by atoms with Crippen LogP contribution in [0, 0.1) is 0 Å². The molecule has 37 heavy (non-hydrogen) atoms. The summed E-state index contributed by atoms with van der Waals surface area (Å²) >= 11 is 0. The third-order valence-corrected chi connectivity index (χ3v) is 6.10. The van der Waals surface area contributed by atoms with Crippen molar-refractivity contribution in [3.05, 3.63) is 65.6 Å². The number of imidazole rings is 1.